The summed E-state index contributed by atoms with van der Waals surface area (Å²) < 4.78 is 2.22. The van der Waals surface area contributed by atoms with Crippen molar-refractivity contribution in [3.05, 3.63) is 103 Å². The van der Waals surface area contributed by atoms with Gasteiger partial charge in [-0.05, 0) is 29.1 Å². The smallest absolute Gasteiger partial charge is 0.0891 e. The SMILES string of the molecule is OC(CNc1cccc2ccccc12)Cn1c(-c2ccccc2)cc2ccccc21. The molecule has 4 aromatic carbocycles. The van der Waals surface area contributed by atoms with E-state index >= 15 is 0 Å². The second-order valence-corrected chi connectivity index (χ2v) is 7.63. The first-order valence-corrected chi connectivity index (χ1v) is 10.3. The third-order valence-electron chi connectivity index (χ3n) is 5.59. The lowest BCUT2D eigenvalue weighted by Crippen LogP contribution is -2.25. The van der Waals surface area contributed by atoms with Crippen molar-refractivity contribution in [2.45, 2.75) is 12.6 Å². The third kappa shape index (κ3) is 3.56. The van der Waals surface area contributed by atoms with Crippen LogP contribution < -0.4 is 5.32 Å². The van der Waals surface area contributed by atoms with E-state index in [4.69, 9.17) is 0 Å². The average Bonchev–Trinajstić information content (AvgIpc) is 3.16. The van der Waals surface area contributed by atoms with Crippen LogP contribution in [0.3, 0.4) is 0 Å². The van der Waals surface area contributed by atoms with Crippen LogP contribution in [0.2, 0.25) is 0 Å². The second kappa shape index (κ2) is 8.05. The normalized spacial score (nSPS) is 12.3. The maximum absolute atomic E-state index is 10.9. The largest absolute Gasteiger partial charge is 0.389 e. The number of fused-ring (bicyclic) bond motifs is 2. The van der Waals surface area contributed by atoms with Gasteiger partial charge in [0.25, 0.3) is 0 Å². The van der Waals surface area contributed by atoms with E-state index in [2.05, 4.69) is 82.7 Å². The Morgan fingerprint density at radius 3 is 2.30 bits per heavy atom. The standard InChI is InChI=1S/C27H24N2O/c30-23(18-28-25-15-8-13-20-9-4-6-14-24(20)25)19-29-26-16-7-5-12-22(26)17-27(29)21-10-2-1-3-11-21/h1-17,23,28,30H,18-19H2. The summed E-state index contributed by atoms with van der Waals surface area (Å²) >= 11 is 0. The van der Waals surface area contributed by atoms with Gasteiger partial charge in [0.05, 0.1) is 12.6 Å². The molecular weight excluding hydrogens is 368 g/mol. The van der Waals surface area contributed by atoms with Gasteiger partial charge in [0.1, 0.15) is 0 Å². The van der Waals surface area contributed by atoms with Crippen LogP contribution in [0.5, 0.6) is 0 Å². The Kier molecular flexibility index (Phi) is 4.96. The zero-order valence-electron chi connectivity index (χ0n) is 16.7. The van der Waals surface area contributed by atoms with E-state index in [1.165, 1.54) is 16.2 Å². The van der Waals surface area contributed by atoms with Crippen LogP contribution in [-0.2, 0) is 6.54 Å². The monoisotopic (exact) mass is 392 g/mol. The predicted octanol–water partition coefficient (Wildman–Crippen LogP) is 5.93. The van der Waals surface area contributed by atoms with Gasteiger partial charge in [-0.25, -0.2) is 0 Å². The van der Waals surface area contributed by atoms with Crippen LogP contribution in [0.25, 0.3) is 32.9 Å². The van der Waals surface area contributed by atoms with E-state index in [0.717, 1.165) is 22.5 Å². The lowest BCUT2D eigenvalue weighted by molar-refractivity contribution is 0.169. The Labute approximate surface area is 176 Å². The van der Waals surface area contributed by atoms with Gasteiger partial charge in [-0.15, -0.1) is 0 Å². The van der Waals surface area contributed by atoms with Crippen LogP contribution in [0.1, 0.15) is 0 Å². The summed E-state index contributed by atoms with van der Waals surface area (Å²) in [5.74, 6) is 0. The summed E-state index contributed by atoms with van der Waals surface area (Å²) in [7, 11) is 0. The number of nitrogens with zero attached hydrogens (tertiary/aromatic N) is 1. The molecule has 1 heterocycles. The fraction of sp³-hybridized carbons (Fsp3) is 0.111. The minimum absolute atomic E-state index is 0.481. The number of hydrogen-bond donors (Lipinski definition) is 2. The van der Waals surface area contributed by atoms with Crippen LogP contribution in [0, 0.1) is 0 Å². The molecule has 0 radical (unpaired) electrons. The van der Waals surface area contributed by atoms with E-state index in [1.54, 1.807) is 0 Å². The Bertz CT molecular complexity index is 1290. The molecule has 3 heteroatoms. The van der Waals surface area contributed by atoms with Gasteiger partial charge in [-0.2, -0.15) is 0 Å². The Hall–Kier alpha value is -3.56. The molecule has 0 saturated carbocycles. The summed E-state index contributed by atoms with van der Waals surface area (Å²) in [5.41, 5.74) is 4.47. The molecule has 1 atom stereocenters. The summed E-state index contributed by atoms with van der Waals surface area (Å²) in [6, 6.07) is 35.4. The van der Waals surface area contributed by atoms with Crippen LogP contribution in [0.4, 0.5) is 5.69 Å². The molecule has 30 heavy (non-hydrogen) atoms. The van der Waals surface area contributed by atoms with E-state index in [0.29, 0.717) is 13.1 Å². The van der Waals surface area contributed by atoms with Crippen molar-refractivity contribution >= 4 is 27.4 Å². The highest BCUT2D eigenvalue weighted by atomic mass is 16.3. The molecule has 0 aliphatic rings. The van der Waals surface area contributed by atoms with Crippen molar-refractivity contribution in [2.75, 3.05) is 11.9 Å². The highest BCUT2D eigenvalue weighted by molar-refractivity contribution is 5.93. The van der Waals surface area contributed by atoms with Crippen molar-refractivity contribution in [1.82, 2.24) is 4.57 Å². The van der Waals surface area contributed by atoms with E-state index in [1.807, 2.05) is 30.3 Å². The fourth-order valence-electron chi connectivity index (χ4n) is 4.14. The van der Waals surface area contributed by atoms with Gasteiger partial charge < -0.3 is 15.0 Å². The molecule has 148 valence electrons. The number of aromatic nitrogens is 1. The molecule has 3 nitrogen and oxygen atoms in total. The third-order valence-corrected chi connectivity index (χ3v) is 5.59. The first-order chi connectivity index (χ1) is 14.8. The van der Waals surface area contributed by atoms with Crippen molar-refractivity contribution in [3.8, 4) is 11.3 Å². The molecule has 5 rings (SSSR count). The van der Waals surface area contributed by atoms with Gasteiger partial charge in [0.2, 0.25) is 0 Å². The van der Waals surface area contributed by atoms with Gasteiger partial charge in [-0.1, -0.05) is 84.9 Å². The molecule has 2 N–H and O–H groups in total. The second-order valence-electron chi connectivity index (χ2n) is 7.63. The molecule has 0 fully saturated rings. The Morgan fingerprint density at radius 1 is 0.733 bits per heavy atom. The highest BCUT2D eigenvalue weighted by Crippen LogP contribution is 2.29. The van der Waals surface area contributed by atoms with Crippen LogP contribution >= 0.6 is 0 Å². The quantitative estimate of drug-likeness (QED) is 0.375. The number of benzene rings is 4. The lowest BCUT2D eigenvalue weighted by atomic mass is 10.1. The minimum Gasteiger partial charge on any atom is -0.389 e. The van der Waals surface area contributed by atoms with Crippen molar-refractivity contribution in [1.29, 1.82) is 0 Å². The lowest BCUT2D eigenvalue weighted by Gasteiger charge is -2.18. The van der Waals surface area contributed by atoms with Gasteiger partial charge in [-0.3, -0.25) is 0 Å². The first kappa shape index (κ1) is 18.5. The average molecular weight is 393 g/mol. The molecule has 0 saturated heterocycles. The van der Waals surface area contributed by atoms with E-state index < -0.39 is 6.10 Å². The zero-order valence-corrected chi connectivity index (χ0v) is 16.7. The summed E-state index contributed by atoms with van der Waals surface area (Å²) in [6.45, 7) is 1.00. The van der Waals surface area contributed by atoms with Gasteiger partial charge in [0, 0.05) is 34.2 Å². The number of aliphatic hydroxyl groups excluding tert-OH is 1. The fourth-order valence-corrected chi connectivity index (χ4v) is 4.14. The molecule has 0 bridgehead atoms. The summed E-state index contributed by atoms with van der Waals surface area (Å²) in [5, 5.41) is 17.9. The maximum Gasteiger partial charge on any atom is 0.0891 e. The van der Waals surface area contributed by atoms with E-state index in [-0.39, 0.29) is 0 Å². The minimum atomic E-state index is -0.526. The number of aliphatic hydroxyl groups is 1. The van der Waals surface area contributed by atoms with Gasteiger partial charge >= 0.3 is 0 Å². The molecule has 0 aliphatic heterocycles. The zero-order chi connectivity index (χ0) is 20.3. The number of hydrogen-bond acceptors (Lipinski definition) is 2. The molecule has 5 aromatic rings. The number of anilines is 1. The van der Waals surface area contributed by atoms with Crippen molar-refractivity contribution < 1.29 is 5.11 Å². The number of rotatable bonds is 6. The predicted molar refractivity (Wildman–Crippen MR) is 126 cm³/mol. The molecule has 1 unspecified atom stereocenters. The molecule has 0 aliphatic carbocycles. The number of para-hydroxylation sites is 1. The van der Waals surface area contributed by atoms with Crippen LogP contribution in [0.15, 0.2) is 103 Å². The molecule has 0 amide bonds. The van der Waals surface area contributed by atoms with Crippen LogP contribution in [-0.4, -0.2) is 22.3 Å². The summed E-state index contributed by atoms with van der Waals surface area (Å²) in [4.78, 5) is 0. The Morgan fingerprint density at radius 2 is 1.43 bits per heavy atom. The van der Waals surface area contributed by atoms with Crippen molar-refractivity contribution in [2.24, 2.45) is 0 Å². The Balaban J connectivity index is 1.41. The van der Waals surface area contributed by atoms with Crippen molar-refractivity contribution in [3.63, 3.8) is 0 Å². The highest BCUT2D eigenvalue weighted by Gasteiger charge is 2.14. The topological polar surface area (TPSA) is 37.2 Å². The maximum atomic E-state index is 10.9. The summed E-state index contributed by atoms with van der Waals surface area (Å²) in [6.07, 6.45) is -0.526. The van der Waals surface area contributed by atoms with Gasteiger partial charge in [0.15, 0.2) is 0 Å². The first-order valence-electron chi connectivity index (χ1n) is 10.3. The van der Waals surface area contributed by atoms with E-state index in [9.17, 15) is 5.11 Å². The molecular formula is C27H24N2O. The number of nitrogens with one attached hydrogen (secondary N) is 1. The molecule has 1 aromatic heterocycles. The molecule has 0 spiro atoms.